The molecule has 1 fully saturated rings. The van der Waals surface area contributed by atoms with Crippen molar-refractivity contribution in [2.45, 2.75) is 19.0 Å². The molecule has 0 aliphatic carbocycles. The normalized spacial score (nSPS) is 19.4. The molecule has 1 aromatic carbocycles. The van der Waals surface area contributed by atoms with Gasteiger partial charge in [-0.25, -0.2) is 4.39 Å². The van der Waals surface area contributed by atoms with Gasteiger partial charge in [0.05, 0.1) is 6.61 Å². The Morgan fingerprint density at radius 2 is 2.39 bits per heavy atom. The van der Waals surface area contributed by atoms with Gasteiger partial charge in [-0.2, -0.15) is 0 Å². The first-order chi connectivity index (χ1) is 8.58. The molecule has 1 aliphatic heterocycles. The molecule has 1 heterocycles. The summed E-state index contributed by atoms with van der Waals surface area (Å²) >= 11 is 4.91. The van der Waals surface area contributed by atoms with Crippen LogP contribution in [0.5, 0.6) is 0 Å². The number of thiocarbonyl (C=S) groups is 1. The van der Waals surface area contributed by atoms with Crippen molar-refractivity contribution in [1.82, 2.24) is 4.90 Å². The maximum absolute atomic E-state index is 13.7. The van der Waals surface area contributed by atoms with Gasteiger partial charge in [0.25, 0.3) is 0 Å². The van der Waals surface area contributed by atoms with Gasteiger partial charge in [0, 0.05) is 30.3 Å². The Morgan fingerprint density at radius 3 is 3.00 bits per heavy atom. The van der Waals surface area contributed by atoms with Crippen LogP contribution in [0.4, 0.5) is 4.39 Å². The molecule has 1 saturated heterocycles. The predicted molar refractivity (Wildman–Crippen MR) is 73.0 cm³/mol. The van der Waals surface area contributed by atoms with Crippen LogP contribution in [0.3, 0.4) is 0 Å². The molecule has 18 heavy (non-hydrogen) atoms. The van der Waals surface area contributed by atoms with E-state index in [4.69, 9.17) is 22.7 Å². The smallest absolute Gasteiger partial charge is 0.127 e. The van der Waals surface area contributed by atoms with Crippen LogP contribution in [0, 0.1) is 5.82 Å². The van der Waals surface area contributed by atoms with E-state index in [0.717, 1.165) is 13.0 Å². The zero-order valence-corrected chi connectivity index (χ0v) is 11.2. The highest BCUT2D eigenvalue weighted by Crippen LogP contribution is 2.17. The van der Waals surface area contributed by atoms with E-state index in [-0.39, 0.29) is 5.82 Å². The maximum Gasteiger partial charge on any atom is 0.127 e. The van der Waals surface area contributed by atoms with Crippen molar-refractivity contribution >= 4 is 17.2 Å². The number of rotatable bonds is 4. The molecule has 0 spiro atoms. The van der Waals surface area contributed by atoms with E-state index in [1.165, 1.54) is 6.07 Å². The lowest BCUT2D eigenvalue weighted by Crippen LogP contribution is -2.31. The van der Waals surface area contributed by atoms with Crippen molar-refractivity contribution in [3.05, 3.63) is 35.1 Å². The summed E-state index contributed by atoms with van der Waals surface area (Å²) in [6, 6.07) is 5.12. The van der Waals surface area contributed by atoms with Crippen molar-refractivity contribution in [3.63, 3.8) is 0 Å². The van der Waals surface area contributed by atoms with E-state index >= 15 is 0 Å². The number of nitrogens with two attached hydrogens (primary N) is 1. The van der Waals surface area contributed by atoms with Gasteiger partial charge in [-0.05, 0) is 31.7 Å². The van der Waals surface area contributed by atoms with Crippen LogP contribution in [0.1, 0.15) is 17.5 Å². The third-order valence-corrected chi connectivity index (χ3v) is 3.51. The first-order valence-electron chi connectivity index (χ1n) is 5.94. The lowest BCUT2D eigenvalue weighted by molar-refractivity contribution is 0.155. The molecule has 5 heteroatoms. The molecule has 1 atom stereocenters. The Balaban J connectivity index is 2.12. The number of ether oxygens (including phenoxy) is 1. The molecule has 0 aromatic heterocycles. The quantitative estimate of drug-likeness (QED) is 0.843. The molecule has 1 unspecified atom stereocenters. The summed E-state index contributed by atoms with van der Waals surface area (Å²) in [5.74, 6) is -0.222. The number of hydrogen-bond acceptors (Lipinski definition) is 3. The van der Waals surface area contributed by atoms with E-state index < -0.39 is 0 Å². The lowest BCUT2D eigenvalue weighted by Gasteiger charge is -2.23. The van der Waals surface area contributed by atoms with E-state index in [2.05, 4.69) is 4.90 Å². The number of likely N-dealkylation sites (N-methyl/N-ethyl adjacent to an activating group) is 1. The van der Waals surface area contributed by atoms with Crippen LogP contribution < -0.4 is 5.73 Å². The maximum atomic E-state index is 13.7. The summed E-state index contributed by atoms with van der Waals surface area (Å²) < 4.78 is 19.1. The van der Waals surface area contributed by atoms with Crippen molar-refractivity contribution < 1.29 is 9.13 Å². The number of halogens is 1. The zero-order chi connectivity index (χ0) is 13.1. The van der Waals surface area contributed by atoms with Crippen LogP contribution in [0.25, 0.3) is 0 Å². The fourth-order valence-corrected chi connectivity index (χ4v) is 2.24. The average Bonchev–Trinajstić information content (AvgIpc) is 2.85. The van der Waals surface area contributed by atoms with Gasteiger partial charge in [0.15, 0.2) is 0 Å². The summed E-state index contributed by atoms with van der Waals surface area (Å²) in [5, 5.41) is 0. The third-order valence-electron chi connectivity index (χ3n) is 3.28. The highest BCUT2D eigenvalue weighted by atomic mass is 32.1. The predicted octanol–water partition coefficient (Wildman–Crippen LogP) is 1.68. The Kier molecular flexibility index (Phi) is 4.27. The second-order valence-corrected chi connectivity index (χ2v) is 5.04. The molecule has 0 amide bonds. The Morgan fingerprint density at radius 1 is 1.61 bits per heavy atom. The zero-order valence-electron chi connectivity index (χ0n) is 10.4. The Labute approximate surface area is 112 Å². The van der Waals surface area contributed by atoms with Crippen LogP contribution in [-0.2, 0) is 11.3 Å². The van der Waals surface area contributed by atoms with Gasteiger partial charge in [-0.3, -0.25) is 4.90 Å². The molecule has 0 radical (unpaired) electrons. The summed E-state index contributed by atoms with van der Waals surface area (Å²) in [5.41, 5.74) is 6.89. The van der Waals surface area contributed by atoms with Gasteiger partial charge >= 0.3 is 0 Å². The van der Waals surface area contributed by atoms with Gasteiger partial charge in [0.1, 0.15) is 10.8 Å². The summed E-state index contributed by atoms with van der Waals surface area (Å²) in [4.78, 5) is 2.40. The summed E-state index contributed by atoms with van der Waals surface area (Å²) in [6.45, 7) is 2.04. The fourth-order valence-electron chi connectivity index (χ4n) is 2.12. The minimum Gasteiger partial charge on any atom is -0.389 e. The summed E-state index contributed by atoms with van der Waals surface area (Å²) in [6.07, 6.45) is 0.993. The standard InChI is InChI=1S/C13H17FN2OS/c1-16(11-4-5-17-8-11)7-10-6-9(13(15)18)2-3-12(10)14/h2-3,6,11H,4-5,7-8H2,1H3,(H2,15,18). The molecule has 2 rings (SSSR count). The van der Waals surface area contributed by atoms with Gasteiger partial charge < -0.3 is 10.5 Å². The third kappa shape index (κ3) is 3.04. The largest absolute Gasteiger partial charge is 0.389 e. The molecular formula is C13H17FN2OS. The van der Waals surface area contributed by atoms with Crippen LogP contribution in [-0.4, -0.2) is 36.2 Å². The molecule has 0 bridgehead atoms. The lowest BCUT2D eigenvalue weighted by atomic mass is 10.1. The van der Waals surface area contributed by atoms with Gasteiger partial charge in [-0.15, -0.1) is 0 Å². The Hall–Kier alpha value is -1.04. The molecule has 1 aromatic rings. The molecule has 2 N–H and O–H groups in total. The summed E-state index contributed by atoms with van der Waals surface area (Å²) in [7, 11) is 1.98. The van der Waals surface area contributed by atoms with Crippen LogP contribution in [0.2, 0.25) is 0 Å². The average molecular weight is 268 g/mol. The topological polar surface area (TPSA) is 38.5 Å². The van der Waals surface area contributed by atoms with Crippen molar-refractivity contribution in [1.29, 1.82) is 0 Å². The number of nitrogens with zero attached hydrogens (tertiary/aromatic N) is 1. The van der Waals surface area contributed by atoms with E-state index in [1.807, 2.05) is 7.05 Å². The molecular weight excluding hydrogens is 251 g/mol. The van der Waals surface area contributed by atoms with Crippen molar-refractivity contribution in [2.24, 2.45) is 5.73 Å². The monoisotopic (exact) mass is 268 g/mol. The van der Waals surface area contributed by atoms with Gasteiger partial charge in [-0.1, -0.05) is 12.2 Å². The fraction of sp³-hybridized carbons (Fsp3) is 0.462. The molecule has 98 valence electrons. The Bertz CT molecular complexity index is 447. The molecule has 3 nitrogen and oxygen atoms in total. The second-order valence-electron chi connectivity index (χ2n) is 4.60. The second kappa shape index (κ2) is 5.73. The van der Waals surface area contributed by atoms with E-state index in [1.54, 1.807) is 12.1 Å². The van der Waals surface area contributed by atoms with E-state index in [9.17, 15) is 4.39 Å². The first kappa shape index (κ1) is 13.4. The van der Waals surface area contributed by atoms with E-state index in [0.29, 0.717) is 35.3 Å². The van der Waals surface area contributed by atoms with Crippen molar-refractivity contribution in [3.8, 4) is 0 Å². The molecule has 1 aliphatic rings. The number of hydrogen-bond donors (Lipinski definition) is 1. The molecule has 0 saturated carbocycles. The highest BCUT2D eigenvalue weighted by molar-refractivity contribution is 7.80. The van der Waals surface area contributed by atoms with Crippen LogP contribution >= 0.6 is 12.2 Å². The van der Waals surface area contributed by atoms with Gasteiger partial charge in [0.2, 0.25) is 0 Å². The SMILES string of the molecule is CN(Cc1cc(C(N)=S)ccc1F)C1CCOC1. The number of benzene rings is 1. The first-order valence-corrected chi connectivity index (χ1v) is 6.35. The van der Waals surface area contributed by atoms with Crippen molar-refractivity contribution in [2.75, 3.05) is 20.3 Å². The van der Waals surface area contributed by atoms with Crippen LogP contribution in [0.15, 0.2) is 18.2 Å². The minimum atomic E-state index is -0.222. The highest BCUT2D eigenvalue weighted by Gasteiger charge is 2.21. The minimum absolute atomic E-state index is 0.222.